The van der Waals surface area contributed by atoms with Crippen LogP contribution in [-0.2, 0) is 0 Å². The Morgan fingerprint density at radius 3 is 2.54 bits per heavy atom. The van der Waals surface area contributed by atoms with Gasteiger partial charge in [-0.15, -0.1) is 12.4 Å². The van der Waals surface area contributed by atoms with Crippen molar-refractivity contribution in [1.29, 1.82) is 0 Å². The monoisotopic (exact) mass is 284 g/mol. The maximum Gasteiger partial charge on any atom is 0.0548 e. The van der Waals surface area contributed by atoms with Gasteiger partial charge in [-0.25, -0.2) is 0 Å². The Morgan fingerprint density at radius 2 is 2.08 bits per heavy atom. The van der Waals surface area contributed by atoms with Crippen molar-refractivity contribution >= 4 is 39.9 Å². The summed E-state index contributed by atoms with van der Waals surface area (Å²) in [5.41, 5.74) is 12.1. The zero-order valence-corrected chi connectivity index (χ0v) is 9.99. The van der Waals surface area contributed by atoms with Crippen LogP contribution < -0.4 is 11.5 Å². The van der Waals surface area contributed by atoms with Crippen LogP contribution in [0.5, 0.6) is 0 Å². The minimum atomic E-state index is -0.112. The van der Waals surface area contributed by atoms with Crippen LogP contribution in [0.25, 0.3) is 0 Å². The van der Waals surface area contributed by atoms with E-state index in [1.807, 2.05) is 12.1 Å². The predicted octanol–water partition coefficient (Wildman–Crippen LogP) is 2.48. The zero-order chi connectivity index (χ0) is 9.14. The van der Waals surface area contributed by atoms with Gasteiger partial charge in [0.05, 0.1) is 5.02 Å². The smallest absolute Gasteiger partial charge is 0.0548 e. The molecule has 0 aliphatic heterocycles. The predicted molar refractivity (Wildman–Crippen MR) is 62.4 cm³/mol. The molecular formula is C8H11BrCl2N2. The Labute approximate surface area is 97.2 Å². The lowest BCUT2D eigenvalue weighted by Gasteiger charge is -2.09. The van der Waals surface area contributed by atoms with Crippen molar-refractivity contribution in [2.45, 2.75) is 6.04 Å². The van der Waals surface area contributed by atoms with Crippen LogP contribution in [-0.4, -0.2) is 6.54 Å². The van der Waals surface area contributed by atoms with Crippen LogP contribution in [0.15, 0.2) is 22.7 Å². The van der Waals surface area contributed by atoms with Gasteiger partial charge in [-0.2, -0.15) is 0 Å². The van der Waals surface area contributed by atoms with Gasteiger partial charge in [0.2, 0.25) is 0 Å². The molecule has 0 aliphatic carbocycles. The standard InChI is InChI=1S/C8H10BrClN2.ClH/c9-6-3-5(8(12)4-11)1-2-7(6)10;/h1-3,8H,4,11-12H2;1H/t8-;/m0./s1. The minimum Gasteiger partial charge on any atom is -0.329 e. The van der Waals surface area contributed by atoms with Crippen molar-refractivity contribution < 1.29 is 0 Å². The molecule has 0 aromatic heterocycles. The van der Waals surface area contributed by atoms with Gasteiger partial charge in [0.15, 0.2) is 0 Å². The van der Waals surface area contributed by atoms with Crippen LogP contribution in [0.2, 0.25) is 5.02 Å². The number of nitrogens with two attached hydrogens (primary N) is 2. The lowest BCUT2D eigenvalue weighted by atomic mass is 10.1. The summed E-state index contributed by atoms with van der Waals surface area (Å²) in [6, 6.07) is 5.46. The highest BCUT2D eigenvalue weighted by Gasteiger charge is 2.05. The highest BCUT2D eigenvalue weighted by molar-refractivity contribution is 9.10. The van der Waals surface area contributed by atoms with Crippen molar-refractivity contribution in [3.63, 3.8) is 0 Å². The van der Waals surface area contributed by atoms with Crippen molar-refractivity contribution in [3.8, 4) is 0 Å². The molecule has 1 rings (SSSR count). The summed E-state index contributed by atoms with van der Waals surface area (Å²) in [5.74, 6) is 0. The van der Waals surface area contributed by atoms with Gasteiger partial charge in [0, 0.05) is 17.1 Å². The fourth-order valence-corrected chi connectivity index (χ4v) is 1.39. The van der Waals surface area contributed by atoms with E-state index in [4.69, 9.17) is 23.1 Å². The summed E-state index contributed by atoms with van der Waals surface area (Å²) in [5, 5.41) is 0.683. The van der Waals surface area contributed by atoms with E-state index in [1.54, 1.807) is 6.07 Å². The molecule has 0 unspecified atom stereocenters. The topological polar surface area (TPSA) is 52.0 Å². The number of rotatable bonds is 2. The molecule has 74 valence electrons. The SMILES string of the molecule is Cl.NC[C@H](N)c1ccc(Cl)c(Br)c1. The van der Waals surface area contributed by atoms with Gasteiger partial charge >= 0.3 is 0 Å². The average molecular weight is 286 g/mol. The minimum absolute atomic E-state index is 0. The Morgan fingerprint density at radius 1 is 1.46 bits per heavy atom. The molecule has 13 heavy (non-hydrogen) atoms. The Kier molecular flexibility index (Phi) is 5.92. The Balaban J connectivity index is 0.00000144. The lowest BCUT2D eigenvalue weighted by Crippen LogP contribution is -2.20. The molecule has 2 nitrogen and oxygen atoms in total. The molecule has 0 fully saturated rings. The molecular weight excluding hydrogens is 275 g/mol. The molecule has 4 N–H and O–H groups in total. The number of hydrogen-bond donors (Lipinski definition) is 2. The molecule has 5 heteroatoms. The van der Waals surface area contributed by atoms with Crippen LogP contribution >= 0.6 is 39.9 Å². The highest BCUT2D eigenvalue weighted by Crippen LogP contribution is 2.24. The fourth-order valence-electron chi connectivity index (χ4n) is 0.879. The van der Waals surface area contributed by atoms with Crippen molar-refractivity contribution in [1.82, 2.24) is 0 Å². The summed E-state index contributed by atoms with van der Waals surface area (Å²) < 4.78 is 0.852. The van der Waals surface area contributed by atoms with Gasteiger partial charge < -0.3 is 11.5 Å². The van der Waals surface area contributed by atoms with Gasteiger partial charge in [-0.3, -0.25) is 0 Å². The molecule has 0 saturated carbocycles. The molecule has 0 bridgehead atoms. The molecule has 1 aromatic rings. The first-order chi connectivity index (χ1) is 5.65. The second-order valence-electron chi connectivity index (χ2n) is 2.52. The van der Waals surface area contributed by atoms with E-state index in [0.717, 1.165) is 10.0 Å². The summed E-state index contributed by atoms with van der Waals surface area (Å²) >= 11 is 9.12. The van der Waals surface area contributed by atoms with E-state index in [-0.39, 0.29) is 18.4 Å². The van der Waals surface area contributed by atoms with Gasteiger partial charge in [-0.05, 0) is 33.6 Å². The summed E-state index contributed by atoms with van der Waals surface area (Å²) in [6.45, 7) is 0.439. The molecule has 0 amide bonds. The summed E-state index contributed by atoms with van der Waals surface area (Å²) in [4.78, 5) is 0. The molecule has 0 spiro atoms. The first-order valence-electron chi connectivity index (χ1n) is 3.55. The fraction of sp³-hybridized carbons (Fsp3) is 0.250. The van der Waals surface area contributed by atoms with Crippen LogP contribution in [0.1, 0.15) is 11.6 Å². The number of hydrogen-bond acceptors (Lipinski definition) is 2. The zero-order valence-electron chi connectivity index (χ0n) is 6.84. The van der Waals surface area contributed by atoms with E-state index < -0.39 is 0 Å². The molecule has 0 aliphatic rings. The third kappa shape index (κ3) is 3.44. The third-order valence-corrected chi connectivity index (χ3v) is 2.84. The highest BCUT2D eigenvalue weighted by atomic mass is 79.9. The van der Waals surface area contributed by atoms with E-state index in [0.29, 0.717) is 11.6 Å². The first-order valence-corrected chi connectivity index (χ1v) is 4.73. The van der Waals surface area contributed by atoms with E-state index in [1.165, 1.54) is 0 Å². The molecule has 1 atom stereocenters. The quantitative estimate of drug-likeness (QED) is 0.877. The molecule has 0 radical (unpaired) electrons. The average Bonchev–Trinajstić information content (AvgIpc) is 2.08. The van der Waals surface area contributed by atoms with Gasteiger partial charge in [-0.1, -0.05) is 17.7 Å². The first kappa shape index (κ1) is 13.2. The molecule has 0 heterocycles. The van der Waals surface area contributed by atoms with E-state index in [2.05, 4.69) is 15.9 Å². The van der Waals surface area contributed by atoms with E-state index >= 15 is 0 Å². The maximum absolute atomic E-state index is 5.81. The van der Waals surface area contributed by atoms with Crippen molar-refractivity contribution in [3.05, 3.63) is 33.3 Å². The molecule has 1 aromatic carbocycles. The van der Waals surface area contributed by atoms with Crippen LogP contribution in [0.3, 0.4) is 0 Å². The van der Waals surface area contributed by atoms with Crippen molar-refractivity contribution in [2.24, 2.45) is 11.5 Å². The second kappa shape index (κ2) is 5.83. The third-order valence-electron chi connectivity index (χ3n) is 1.63. The van der Waals surface area contributed by atoms with Gasteiger partial charge in [0.1, 0.15) is 0 Å². The summed E-state index contributed by atoms with van der Waals surface area (Å²) in [6.07, 6.45) is 0. The van der Waals surface area contributed by atoms with Crippen LogP contribution in [0.4, 0.5) is 0 Å². The van der Waals surface area contributed by atoms with Crippen LogP contribution in [0, 0.1) is 0 Å². The second-order valence-corrected chi connectivity index (χ2v) is 3.78. The molecule has 0 saturated heterocycles. The Bertz CT molecular complexity index is 281. The number of halogens is 3. The van der Waals surface area contributed by atoms with E-state index in [9.17, 15) is 0 Å². The number of benzene rings is 1. The largest absolute Gasteiger partial charge is 0.329 e. The maximum atomic E-state index is 5.81. The lowest BCUT2D eigenvalue weighted by molar-refractivity contribution is 0.736. The van der Waals surface area contributed by atoms with Crippen molar-refractivity contribution in [2.75, 3.05) is 6.54 Å². The summed E-state index contributed by atoms with van der Waals surface area (Å²) in [7, 11) is 0. The Hall–Kier alpha value is 0.200. The normalized spacial score (nSPS) is 12.0. The van der Waals surface area contributed by atoms with Gasteiger partial charge in [0.25, 0.3) is 0 Å².